The topological polar surface area (TPSA) is 88.7 Å². The summed E-state index contributed by atoms with van der Waals surface area (Å²) in [5, 5.41) is 5.12. The summed E-state index contributed by atoms with van der Waals surface area (Å²) in [7, 11) is 0. The maximum absolute atomic E-state index is 9.32. The standard InChI is InChI=1S/C4H12N4O2.Na.H/c5-1-2-6-3-4-7-10-8-9;;/h6-7H,1-5H2;;. The monoisotopic (exact) mass is 172 g/mol. The molecule has 0 fully saturated rings. The van der Waals surface area contributed by atoms with Crippen LogP contribution in [0.2, 0.25) is 0 Å². The van der Waals surface area contributed by atoms with E-state index in [1.54, 1.807) is 0 Å². The van der Waals surface area contributed by atoms with Crippen molar-refractivity contribution in [1.82, 2.24) is 10.8 Å². The van der Waals surface area contributed by atoms with Gasteiger partial charge in [0, 0.05) is 26.2 Å². The van der Waals surface area contributed by atoms with Gasteiger partial charge in [-0.25, -0.2) is 0 Å². The van der Waals surface area contributed by atoms with Crippen molar-refractivity contribution in [2.75, 3.05) is 26.2 Å². The maximum atomic E-state index is 9.32. The predicted molar refractivity (Wildman–Crippen MR) is 44.0 cm³/mol. The van der Waals surface area contributed by atoms with Crippen molar-refractivity contribution < 1.29 is 4.94 Å². The van der Waals surface area contributed by atoms with Crippen LogP contribution in [0.3, 0.4) is 0 Å². The molecular formula is C4H13N4NaO2. The van der Waals surface area contributed by atoms with Crippen molar-refractivity contribution in [3.63, 3.8) is 0 Å². The van der Waals surface area contributed by atoms with Gasteiger partial charge in [-0.05, 0) is 0 Å². The van der Waals surface area contributed by atoms with Crippen LogP contribution in [0.15, 0.2) is 5.34 Å². The molecule has 6 nitrogen and oxygen atoms in total. The minimum atomic E-state index is 0. The van der Waals surface area contributed by atoms with Gasteiger partial charge in [-0.1, -0.05) is 0 Å². The molecule has 0 unspecified atom stereocenters. The van der Waals surface area contributed by atoms with Gasteiger partial charge in [-0.3, -0.25) is 4.94 Å². The van der Waals surface area contributed by atoms with Crippen LogP contribution in [0.25, 0.3) is 0 Å². The molecule has 62 valence electrons. The van der Waals surface area contributed by atoms with Gasteiger partial charge >= 0.3 is 29.6 Å². The SMILES string of the molecule is NCCNCCNON=O.[NaH]. The Balaban J connectivity index is 0. The van der Waals surface area contributed by atoms with E-state index < -0.39 is 0 Å². The zero-order valence-corrected chi connectivity index (χ0v) is 5.67. The van der Waals surface area contributed by atoms with E-state index in [2.05, 4.69) is 21.1 Å². The Hall–Kier alpha value is 0.280. The Morgan fingerprint density at radius 2 is 2.09 bits per heavy atom. The molecule has 0 aromatic rings. The molecule has 0 spiro atoms. The van der Waals surface area contributed by atoms with Gasteiger partial charge in [0.25, 0.3) is 0 Å². The molecule has 0 atom stereocenters. The molecule has 0 aliphatic rings. The molecule has 7 heteroatoms. The molecule has 0 rings (SSSR count). The number of nitrogens with one attached hydrogen (secondary N) is 2. The summed E-state index contributed by atoms with van der Waals surface area (Å²) >= 11 is 0. The first-order valence-corrected chi connectivity index (χ1v) is 3.04. The normalized spacial score (nSPS) is 8.45. The van der Waals surface area contributed by atoms with E-state index in [0.29, 0.717) is 19.6 Å². The van der Waals surface area contributed by atoms with Crippen LogP contribution in [0.1, 0.15) is 0 Å². The summed E-state index contributed by atoms with van der Waals surface area (Å²) in [5.41, 5.74) is 7.50. The fraction of sp³-hybridized carbons (Fsp3) is 1.00. The van der Waals surface area contributed by atoms with Gasteiger partial charge in [-0.15, -0.1) is 10.4 Å². The third-order valence-corrected chi connectivity index (χ3v) is 0.827. The third-order valence-electron chi connectivity index (χ3n) is 0.827. The summed E-state index contributed by atoms with van der Waals surface area (Å²) < 4.78 is 0. The van der Waals surface area contributed by atoms with E-state index in [9.17, 15) is 4.91 Å². The second-order valence-electron chi connectivity index (χ2n) is 1.60. The average Bonchev–Trinajstić information content (AvgIpc) is 1.97. The first-order valence-electron chi connectivity index (χ1n) is 3.04. The molecule has 4 N–H and O–H groups in total. The molecule has 0 saturated carbocycles. The Morgan fingerprint density at radius 1 is 1.36 bits per heavy atom. The predicted octanol–water partition coefficient (Wildman–Crippen LogP) is -1.91. The molecular weight excluding hydrogens is 159 g/mol. The second-order valence-corrected chi connectivity index (χ2v) is 1.60. The molecule has 11 heavy (non-hydrogen) atoms. The van der Waals surface area contributed by atoms with Crippen molar-refractivity contribution in [2.24, 2.45) is 11.1 Å². The number of hydrogen-bond donors (Lipinski definition) is 3. The number of hydrogen-bond acceptors (Lipinski definition) is 6. The van der Waals surface area contributed by atoms with Crippen molar-refractivity contribution in [1.29, 1.82) is 0 Å². The number of nitrogens with two attached hydrogens (primary N) is 1. The molecule has 0 radical (unpaired) electrons. The molecule has 0 aliphatic carbocycles. The van der Waals surface area contributed by atoms with Crippen molar-refractivity contribution >= 4 is 29.6 Å². The van der Waals surface area contributed by atoms with Crippen LogP contribution in [0.4, 0.5) is 0 Å². The average molecular weight is 172 g/mol. The molecule has 0 aromatic heterocycles. The van der Waals surface area contributed by atoms with Crippen LogP contribution in [0.5, 0.6) is 0 Å². The molecule has 0 saturated heterocycles. The zero-order valence-electron chi connectivity index (χ0n) is 5.67. The Labute approximate surface area is 87.4 Å². The summed E-state index contributed by atoms with van der Waals surface area (Å²) in [6.07, 6.45) is 0. The molecule has 0 aromatic carbocycles. The van der Waals surface area contributed by atoms with Crippen LogP contribution in [-0.2, 0) is 4.94 Å². The van der Waals surface area contributed by atoms with Crippen LogP contribution in [0, 0.1) is 4.91 Å². The minimum absolute atomic E-state index is 0. The van der Waals surface area contributed by atoms with E-state index in [1.165, 1.54) is 0 Å². The summed E-state index contributed by atoms with van der Waals surface area (Å²) in [5.74, 6) is 0. The second kappa shape index (κ2) is 12.9. The van der Waals surface area contributed by atoms with Crippen molar-refractivity contribution in [3.8, 4) is 0 Å². The first kappa shape index (κ1) is 13.8. The molecule has 0 heterocycles. The Bertz CT molecular complexity index is 84.5. The Kier molecular flexibility index (Phi) is 16.2. The van der Waals surface area contributed by atoms with Gasteiger partial charge in [-0.2, -0.15) is 0 Å². The van der Waals surface area contributed by atoms with Crippen LogP contribution in [-0.4, -0.2) is 55.7 Å². The van der Waals surface area contributed by atoms with E-state index in [-0.39, 0.29) is 29.6 Å². The molecule has 0 amide bonds. The summed E-state index contributed by atoms with van der Waals surface area (Å²) in [6.45, 7) is 2.60. The van der Waals surface area contributed by atoms with Gasteiger partial charge < -0.3 is 11.1 Å². The molecule has 0 aliphatic heterocycles. The van der Waals surface area contributed by atoms with E-state index in [1.807, 2.05) is 0 Å². The van der Waals surface area contributed by atoms with Crippen molar-refractivity contribution in [2.45, 2.75) is 0 Å². The summed E-state index contributed by atoms with van der Waals surface area (Å²) in [6, 6.07) is 0. The van der Waals surface area contributed by atoms with Crippen LogP contribution >= 0.6 is 0 Å². The summed E-state index contributed by atoms with van der Waals surface area (Å²) in [4.78, 5) is 13.3. The Morgan fingerprint density at radius 3 is 2.64 bits per heavy atom. The molecule has 0 bridgehead atoms. The third kappa shape index (κ3) is 13.3. The number of hydroxylamine groups is 1. The van der Waals surface area contributed by atoms with Crippen molar-refractivity contribution in [3.05, 3.63) is 4.91 Å². The number of nitrogens with zero attached hydrogens (tertiary/aromatic N) is 1. The quantitative estimate of drug-likeness (QED) is 0.180. The number of rotatable bonds is 7. The van der Waals surface area contributed by atoms with E-state index in [4.69, 9.17) is 5.73 Å². The van der Waals surface area contributed by atoms with Gasteiger partial charge in [0.1, 0.15) is 0 Å². The first-order chi connectivity index (χ1) is 4.91. The van der Waals surface area contributed by atoms with Gasteiger partial charge in [0.05, 0.1) is 0 Å². The fourth-order valence-corrected chi connectivity index (χ4v) is 0.438. The van der Waals surface area contributed by atoms with Gasteiger partial charge in [0.2, 0.25) is 0 Å². The van der Waals surface area contributed by atoms with Crippen LogP contribution < -0.4 is 16.5 Å². The fourth-order valence-electron chi connectivity index (χ4n) is 0.438. The van der Waals surface area contributed by atoms with Gasteiger partial charge in [0.15, 0.2) is 5.34 Å². The van der Waals surface area contributed by atoms with E-state index in [0.717, 1.165) is 6.54 Å². The zero-order chi connectivity index (χ0) is 7.66. The van der Waals surface area contributed by atoms with E-state index >= 15 is 0 Å².